The van der Waals surface area contributed by atoms with Crippen LogP contribution >= 0.6 is 0 Å². The molecule has 0 aromatic rings. The third-order valence-electron chi connectivity index (χ3n) is 2.85. The van der Waals surface area contributed by atoms with E-state index in [1.165, 1.54) is 11.1 Å². The molecule has 0 fully saturated rings. The van der Waals surface area contributed by atoms with Gasteiger partial charge in [0, 0.05) is 0 Å². The Morgan fingerprint density at radius 3 is 2.59 bits per heavy atom. The minimum absolute atomic E-state index is 0.186. The van der Waals surface area contributed by atoms with Gasteiger partial charge < -0.3 is 4.74 Å². The van der Waals surface area contributed by atoms with E-state index in [9.17, 15) is 4.79 Å². The molecule has 0 aromatic carbocycles. The lowest BCUT2D eigenvalue weighted by molar-refractivity contribution is -0.139. The molecule has 0 heterocycles. The number of rotatable bonds is 4. The van der Waals surface area contributed by atoms with Gasteiger partial charge in [0.15, 0.2) is 0 Å². The van der Waals surface area contributed by atoms with Crippen LogP contribution in [-0.4, -0.2) is 31.5 Å². The van der Waals surface area contributed by atoms with E-state index in [1.54, 1.807) is 0 Å². The van der Waals surface area contributed by atoms with Crippen molar-refractivity contribution in [2.24, 2.45) is 5.92 Å². The van der Waals surface area contributed by atoms with Crippen LogP contribution in [0.2, 0.25) is 0 Å². The first-order chi connectivity index (χ1) is 7.90. The zero-order chi connectivity index (χ0) is 13.0. The van der Waals surface area contributed by atoms with Gasteiger partial charge in [-0.05, 0) is 51.4 Å². The summed E-state index contributed by atoms with van der Waals surface area (Å²) in [5.41, 5.74) is 2.53. The van der Waals surface area contributed by atoms with E-state index in [1.807, 2.05) is 25.1 Å². The van der Waals surface area contributed by atoms with Gasteiger partial charge in [0.05, 0.1) is 6.54 Å². The molecule has 0 amide bonds. The van der Waals surface area contributed by atoms with Crippen LogP contribution in [0.5, 0.6) is 0 Å². The molecule has 0 radical (unpaired) electrons. The maximum absolute atomic E-state index is 11.7. The number of ether oxygens (including phenoxy) is 1. The first-order valence-corrected chi connectivity index (χ1v) is 6.15. The number of carbonyl (C=O) groups is 1. The van der Waals surface area contributed by atoms with Gasteiger partial charge in [0.2, 0.25) is 0 Å². The van der Waals surface area contributed by atoms with E-state index < -0.39 is 0 Å². The molecule has 3 heteroatoms. The molecule has 1 rings (SSSR count). The number of hydrogen-bond donors (Lipinski definition) is 0. The third kappa shape index (κ3) is 4.35. The van der Waals surface area contributed by atoms with Crippen LogP contribution in [0, 0.1) is 5.92 Å². The fraction of sp³-hybridized carbons (Fsp3) is 0.643. The van der Waals surface area contributed by atoms with E-state index in [2.05, 4.69) is 20.8 Å². The zero-order valence-electron chi connectivity index (χ0n) is 11.5. The topological polar surface area (TPSA) is 29.5 Å². The SMILES string of the molecule is CC1=CC(OC(=O)CN(C)C)=C(C(C)C)CC1. The van der Waals surface area contributed by atoms with Gasteiger partial charge in [-0.25, -0.2) is 0 Å². The standard InChI is InChI=1S/C14H23NO2/c1-10(2)12-7-6-11(3)8-13(12)17-14(16)9-15(4)5/h8,10H,6-7,9H2,1-5H3. The second kappa shape index (κ2) is 6.01. The van der Waals surface area contributed by atoms with Crippen LogP contribution < -0.4 is 0 Å². The summed E-state index contributed by atoms with van der Waals surface area (Å²) >= 11 is 0. The molecule has 17 heavy (non-hydrogen) atoms. The fourth-order valence-electron chi connectivity index (χ4n) is 1.93. The summed E-state index contributed by atoms with van der Waals surface area (Å²) in [6, 6.07) is 0. The third-order valence-corrected chi connectivity index (χ3v) is 2.85. The fourth-order valence-corrected chi connectivity index (χ4v) is 1.93. The molecule has 1 aliphatic carbocycles. The summed E-state index contributed by atoms with van der Waals surface area (Å²) < 4.78 is 5.47. The molecule has 0 unspecified atom stereocenters. The van der Waals surface area contributed by atoms with Crippen molar-refractivity contribution in [3.05, 3.63) is 23.0 Å². The normalized spacial score (nSPS) is 16.5. The Hall–Kier alpha value is -1.09. The molecule has 0 aliphatic heterocycles. The summed E-state index contributed by atoms with van der Waals surface area (Å²) in [5.74, 6) is 1.02. The minimum Gasteiger partial charge on any atom is -0.426 e. The van der Waals surface area contributed by atoms with Gasteiger partial charge in [0.1, 0.15) is 5.76 Å². The van der Waals surface area contributed by atoms with Crippen molar-refractivity contribution in [1.29, 1.82) is 0 Å². The van der Waals surface area contributed by atoms with Crippen molar-refractivity contribution in [2.75, 3.05) is 20.6 Å². The smallest absolute Gasteiger partial charge is 0.325 e. The monoisotopic (exact) mass is 237 g/mol. The zero-order valence-corrected chi connectivity index (χ0v) is 11.5. The Bertz CT molecular complexity index is 351. The number of carbonyl (C=O) groups excluding carboxylic acids is 1. The molecular weight excluding hydrogens is 214 g/mol. The Kier molecular flexibility index (Phi) is 4.94. The predicted molar refractivity (Wildman–Crippen MR) is 69.5 cm³/mol. The van der Waals surface area contributed by atoms with Crippen molar-refractivity contribution in [3.63, 3.8) is 0 Å². The average Bonchev–Trinajstić information content (AvgIpc) is 2.15. The van der Waals surface area contributed by atoms with Crippen molar-refractivity contribution >= 4 is 5.97 Å². The highest BCUT2D eigenvalue weighted by Gasteiger charge is 2.18. The maximum Gasteiger partial charge on any atom is 0.325 e. The molecule has 96 valence electrons. The van der Waals surface area contributed by atoms with Crippen molar-refractivity contribution in [1.82, 2.24) is 4.90 Å². The van der Waals surface area contributed by atoms with E-state index in [4.69, 9.17) is 4.74 Å². The second-order valence-electron chi connectivity index (χ2n) is 5.25. The van der Waals surface area contributed by atoms with E-state index >= 15 is 0 Å². The van der Waals surface area contributed by atoms with Gasteiger partial charge in [-0.3, -0.25) is 9.69 Å². The van der Waals surface area contributed by atoms with Crippen LogP contribution in [0.25, 0.3) is 0 Å². The lowest BCUT2D eigenvalue weighted by Gasteiger charge is -2.21. The number of nitrogens with zero attached hydrogens (tertiary/aromatic N) is 1. The van der Waals surface area contributed by atoms with Crippen LogP contribution in [0.3, 0.4) is 0 Å². The molecular formula is C14H23NO2. The number of likely N-dealkylation sites (N-methyl/N-ethyl adjacent to an activating group) is 1. The van der Waals surface area contributed by atoms with Gasteiger partial charge in [-0.2, -0.15) is 0 Å². The van der Waals surface area contributed by atoms with Crippen LogP contribution in [0.1, 0.15) is 33.6 Å². The molecule has 0 spiro atoms. The summed E-state index contributed by atoms with van der Waals surface area (Å²) in [6.45, 7) is 6.69. The van der Waals surface area contributed by atoms with Gasteiger partial charge in [0.25, 0.3) is 0 Å². The molecule has 0 atom stereocenters. The highest BCUT2D eigenvalue weighted by atomic mass is 16.5. The molecule has 3 nitrogen and oxygen atoms in total. The Morgan fingerprint density at radius 2 is 2.06 bits per heavy atom. The van der Waals surface area contributed by atoms with Crippen molar-refractivity contribution < 1.29 is 9.53 Å². The second-order valence-corrected chi connectivity index (χ2v) is 5.25. The maximum atomic E-state index is 11.7. The summed E-state index contributed by atoms with van der Waals surface area (Å²) in [5, 5.41) is 0. The highest BCUT2D eigenvalue weighted by molar-refractivity contribution is 5.73. The molecule has 0 N–H and O–H groups in total. The summed E-state index contributed by atoms with van der Waals surface area (Å²) in [7, 11) is 3.72. The number of allylic oxidation sites excluding steroid dienone is 3. The predicted octanol–water partition coefficient (Wildman–Crippen LogP) is 2.74. The van der Waals surface area contributed by atoms with Gasteiger partial charge in [-0.1, -0.05) is 19.4 Å². The average molecular weight is 237 g/mol. The van der Waals surface area contributed by atoms with Crippen LogP contribution in [0.15, 0.2) is 23.0 Å². The van der Waals surface area contributed by atoms with E-state index in [0.717, 1.165) is 18.6 Å². The molecule has 0 aromatic heterocycles. The Labute approximate surface area is 104 Å². The van der Waals surface area contributed by atoms with Gasteiger partial charge >= 0.3 is 5.97 Å². The van der Waals surface area contributed by atoms with Crippen LogP contribution in [0.4, 0.5) is 0 Å². The first-order valence-electron chi connectivity index (χ1n) is 6.15. The Morgan fingerprint density at radius 1 is 1.41 bits per heavy atom. The largest absolute Gasteiger partial charge is 0.426 e. The number of hydrogen-bond acceptors (Lipinski definition) is 3. The first kappa shape index (κ1) is 14.0. The lowest BCUT2D eigenvalue weighted by Crippen LogP contribution is -2.24. The van der Waals surface area contributed by atoms with Gasteiger partial charge in [-0.15, -0.1) is 0 Å². The summed E-state index contributed by atoms with van der Waals surface area (Å²) in [4.78, 5) is 13.5. The minimum atomic E-state index is -0.186. The Balaban J connectivity index is 2.80. The lowest BCUT2D eigenvalue weighted by atomic mass is 9.90. The number of esters is 1. The van der Waals surface area contributed by atoms with Crippen molar-refractivity contribution in [3.8, 4) is 0 Å². The highest BCUT2D eigenvalue weighted by Crippen LogP contribution is 2.29. The van der Waals surface area contributed by atoms with Crippen molar-refractivity contribution in [2.45, 2.75) is 33.6 Å². The quantitative estimate of drug-likeness (QED) is 0.704. The van der Waals surface area contributed by atoms with Crippen LogP contribution in [-0.2, 0) is 9.53 Å². The molecule has 0 saturated carbocycles. The van der Waals surface area contributed by atoms with E-state index in [0.29, 0.717) is 12.5 Å². The molecule has 0 saturated heterocycles. The molecule has 1 aliphatic rings. The molecule has 0 bridgehead atoms. The summed E-state index contributed by atoms with van der Waals surface area (Å²) in [6.07, 6.45) is 4.08. The van der Waals surface area contributed by atoms with E-state index in [-0.39, 0.29) is 5.97 Å².